The summed E-state index contributed by atoms with van der Waals surface area (Å²) in [5.41, 5.74) is 1.07. The van der Waals surface area contributed by atoms with E-state index in [1.807, 2.05) is 11.4 Å². The van der Waals surface area contributed by atoms with E-state index in [4.69, 9.17) is 5.11 Å². The molecule has 3 heterocycles. The molecule has 0 unspecified atom stereocenters. The number of carbonyl (C=O) groups is 1. The fourth-order valence-corrected chi connectivity index (χ4v) is 3.52. The smallest absolute Gasteiger partial charge is 0.325 e. The molecule has 1 aliphatic carbocycles. The first-order valence-corrected chi connectivity index (χ1v) is 8.37. The van der Waals surface area contributed by atoms with Crippen LogP contribution in [0.3, 0.4) is 0 Å². The number of aromatic nitrogens is 3. The van der Waals surface area contributed by atoms with Crippen molar-refractivity contribution in [2.45, 2.75) is 31.7 Å². The summed E-state index contributed by atoms with van der Waals surface area (Å²) in [6.07, 6.45) is -0.905. The van der Waals surface area contributed by atoms with Crippen molar-refractivity contribution >= 4 is 28.3 Å². The minimum Gasteiger partial charge on any atom is -0.480 e. The fraction of sp³-hybridized carbons (Fsp3) is 0.312. The number of hydrogen-bond donors (Lipinski definition) is 1. The fourth-order valence-electron chi connectivity index (χ4n) is 2.83. The van der Waals surface area contributed by atoms with Crippen LogP contribution in [0.4, 0.5) is 8.78 Å². The summed E-state index contributed by atoms with van der Waals surface area (Å²) in [4.78, 5) is 16.3. The maximum absolute atomic E-state index is 13.7. The third-order valence-electron chi connectivity index (χ3n) is 4.02. The van der Waals surface area contributed by atoms with Gasteiger partial charge in [0.05, 0.1) is 21.7 Å². The predicted molar refractivity (Wildman–Crippen MR) is 85.4 cm³/mol. The molecule has 0 radical (unpaired) electrons. The number of aliphatic carboxylic acids is 1. The van der Waals surface area contributed by atoms with Crippen LogP contribution in [0.2, 0.25) is 0 Å². The standard InChI is InChI=1S/C16H13F2N3O2S/c17-15(18)9-6-10(11-2-1-5-24-11)19-16-13(9)14(8-3-4-8)20-21(16)7-12(22)23/h1-2,5-6,8,15H,3-4,7H2,(H,22,23). The van der Waals surface area contributed by atoms with Crippen molar-refractivity contribution in [3.8, 4) is 10.6 Å². The number of nitrogens with zero attached hydrogens (tertiary/aromatic N) is 3. The second kappa shape index (κ2) is 5.62. The summed E-state index contributed by atoms with van der Waals surface area (Å²) in [5.74, 6) is -0.960. The van der Waals surface area contributed by atoms with E-state index in [-0.39, 0.29) is 17.1 Å². The summed E-state index contributed by atoms with van der Waals surface area (Å²) < 4.78 is 28.6. The first-order valence-electron chi connectivity index (χ1n) is 7.49. The van der Waals surface area contributed by atoms with Crippen molar-refractivity contribution in [2.75, 3.05) is 0 Å². The van der Waals surface area contributed by atoms with E-state index in [1.54, 1.807) is 6.07 Å². The minimum atomic E-state index is -2.67. The number of fused-ring (bicyclic) bond motifs is 1. The van der Waals surface area contributed by atoms with Crippen LogP contribution in [0.15, 0.2) is 23.6 Å². The Labute approximate surface area is 139 Å². The van der Waals surface area contributed by atoms with Crippen LogP contribution in [0.25, 0.3) is 21.6 Å². The normalized spacial score (nSPS) is 14.6. The van der Waals surface area contributed by atoms with E-state index >= 15 is 0 Å². The van der Waals surface area contributed by atoms with Gasteiger partial charge >= 0.3 is 5.97 Å². The van der Waals surface area contributed by atoms with Gasteiger partial charge in [-0.2, -0.15) is 5.10 Å². The average molecular weight is 349 g/mol. The molecule has 0 bridgehead atoms. The van der Waals surface area contributed by atoms with E-state index in [0.717, 1.165) is 17.7 Å². The molecule has 24 heavy (non-hydrogen) atoms. The highest BCUT2D eigenvalue weighted by molar-refractivity contribution is 7.13. The number of halogens is 2. The Balaban J connectivity index is 2.01. The zero-order valence-corrected chi connectivity index (χ0v) is 13.3. The summed E-state index contributed by atoms with van der Waals surface area (Å²) >= 11 is 1.40. The third kappa shape index (κ3) is 2.56. The molecule has 1 saturated carbocycles. The van der Waals surface area contributed by atoms with Gasteiger partial charge in [-0.15, -0.1) is 11.3 Å². The predicted octanol–water partition coefficient (Wildman–Crippen LogP) is 4.06. The molecule has 1 fully saturated rings. The van der Waals surface area contributed by atoms with Crippen molar-refractivity contribution in [3.05, 3.63) is 34.8 Å². The molecule has 1 N–H and O–H groups in total. The van der Waals surface area contributed by atoms with Gasteiger partial charge in [0.15, 0.2) is 5.65 Å². The highest BCUT2D eigenvalue weighted by Crippen LogP contribution is 2.45. The summed E-state index contributed by atoms with van der Waals surface area (Å²) in [7, 11) is 0. The molecule has 0 aliphatic heterocycles. The Morgan fingerprint density at radius 2 is 2.25 bits per heavy atom. The molecule has 8 heteroatoms. The van der Waals surface area contributed by atoms with E-state index in [9.17, 15) is 13.6 Å². The zero-order chi connectivity index (χ0) is 16.8. The van der Waals surface area contributed by atoms with Crippen molar-refractivity contribution < 1.29 is 18.7 Å². The summed E-state index contributed by atoms with van der Waals surface area (Å²) in [6.45, 7) is -0.396. The molecular formula is C16H13F2N3O2S. The van der Waals surface area contributed by atoms with Crippen LogP contribution in [0.1, 0.15) is 36.4 Å². The van der Waals surface area contributed by atoms with Crippen molar-refractivity contribution in [3.63, 3.8) is 0 Å². The summed E-state index contributed by atoms with van der Waals surface area (Å²) in [5, 5.41) is 15.5. The van der Waals surface area contributed by atoms with E-state index < -0.39 is 18.9 Å². The molecule has 4 rings (SSSR count). The van der Waals surface area contributed by atoms with Gasteiger partial charge in [0.1, 0.15) is 6.54 Å². The van der Waals surface area contributed by atoms with Crippen LogP contribution >= 0.6 is 11.3 Å². The molecule has 3 aromatic heterocycles. The van der Waals surface area contributed by atoms with E-state index in [2.05, 4.69) is 10.1 Å². The van der Waals surface area contributed by atoms with Crippen LogP contribution in [0, 0.1) is 0 Å². The molecule has 1 aliphatic rings. The van der Waals surface area contributed by atoms with Gasteiger partial charge in [-0.1, -0.05) is 6.07 Å². The van der Waals surface area contributed by atoms with Gasteiger partial charge in [-0.25, -0.2) is 18.4 Å². The van der Waals surface area contributed by atoms with Gasteiger partial charge in [-0.3, -0.25) is 4.79 Å². The Kier molecular flexibility index (Phi) is 3.56. The largest absolute Gasteiger partial charge is 0.480 e. The first kappa shape index (κ1) is 15.2. The van der Waals surface area contributed by atoms with Crippen LogP contribution in [-0.2, 0) is 11.3 Å². The molecule has 0 spiro atoms. The number of hydrogen-bond acceptors (Lipinski definition) is 4. The first-order chi connectivity index (χ1) is 11.5. The number of pyridine rings is 1. The molecule has 0 atom stereocenters. The molecule has 5 nitrogen and oxygen atoms in total. The number of rotatable bonds is 5. The summed E-state index contributed by atoms with van der Waals surface area (Å²) in [6, 6.07) is 5.02. The second-order valence-corrected chi connectivity index (χ2v) is 6.73. The average Bonchev–Trinajstić information content (AvgIpc) is 3.10. The molecule has 0 saturated heterocycles. The lowest BCUT2D eigenvalue weighted by Crippen LogP contribution is -2.11. The van der Waals surface area contributed by atoms with Gasteiger partial charge in [0.25, 0.3) is 6.43 Å². The number of thiophene rings is 1. The number of alkyl halides is 2. The lowest BCUT2D eigenvalue weighted by molar-refractivity contribution is -0.137. The SMILES string of the molecule is O=C(O)Cn1nc(C2CC2)c2c(C(F)F)cc(-c3cccs3)nc21. The van der Waals surface area contributed by atoms with Crippen molar-refractivity contribution in [1.82, 2.24) is 14.8 Å². The highest BCUT2D eigenvalue weighted by Gasteiger charge is 2.33. The number of carboxylic acids is 1. The molecule has 124 valence electrons. The van der Waals surface area contributed by atoms with Crippen LogP contribution in [-0.4, -0.2) is 25.8 Å². The van der Waals surface area contributed by atoms with Gasteiger partial charge in [-0.05, 0) is 30.4 Å². The minimum absolute atomic E-state index is 0.120. The highest BCUT2D eigenvalue weighted by atomic mass is 32.1. The molecule has 0 aromatic carbocycles. The zero-order valence-electron chi connectivity index (χ0n) is 12.4. The van der Waals surface area contributed by atoms with E-state index in [0.29, 0.717) is 16.8 Å². The maximum atomic E-state index is 13.7. The van der Waals surface area contributed by atoms with Gasteiger partial charge in [0, 0.05) is 11.5 Å². The molecule has 0 amide bonds. The van der Waals surface area contributed by atoms with Gasteiger partial charge < -0.3 is 5.11 Å². The Hall–Kier alpha value is -2.35. The second-order valence-electron chi connectivity index (χ2n) is 5.78. The Morgan fingerprint density at radius 3 is 2.83 bits per heavy atom. The monoisotopic (exact) mass is 349 g/mol. The molecule has 3 aromatic rings. The van der Waals surface area contributed by atoms with E-state index in [1.165, 1.54) is 22.1 Å². The van der Waals surface area contributed by atoms with Crippen molar-refractivity contribution in [1.29, 1.82) is 0 Å². The lowest BCUT2D eigenvalue weighted by atomic mass is 10.1. The third-order valence-corrected chi connectivity index (χ3v) is 4.91. The van der Waals surface area contributed by atoms with Gasteiger partial charge in [0.2, 0.25) is 0 Å². The Bertz CT molecular complexity index is 917. The topological polar surface area (TPSA) is 68.0 Å². The molecular weight excluding hydrogens is 336 g/mol. The van der Waals surface area contributed by atoms with Crippen LogP contribution in [0.5, 0.6) is 0 Å². The van der Waals surface area contributed by atoms with Crippen molar-refractivity contribution in [2.24, 2.45) is 0 Å². The lowest BCUT2D eigenvalue weighted by Gasteiger charge is -2.07. The number of carboxylic acid groups (broad SMARTS) is 1. The maximum Gasteiger partial charge on any atom is 0.325 e. The Morgan fingerprint density at radius 1 is 1.46 bits per heavy atom. The van der Waals surface area contributed by atoms with Crippen LogP contribution < -0.4 is 0 Å². The quantitative estimate of drug-likeness (QED) is 0.754.